The van der Waals surface area contributed by atoms with Gasteiger partial charge < -0.3 is 4.74 Å². The van der Waals surface area contributed by atoms with Crippen molar-refractivity contribution in [1.82, 2.24) is 0 Å². The van der Waals surface area contributed by atoms with Crippen LogP contribution in [0.15, 0.2) is 48.5 Å². The molecule has 0 saturated heterocycles. The molecule has 0 bridgehead atoms. The van der Waals surface area contributed by atoms with Gasteiger partial charge in [-0.1, -0.05) is 51.8 Å². The van der Waals surface area contributed by atoms with Gasteiger partial charge in [0.25, 0.3) is 0 Å². The minimum atomic E-state index is 0.677. The van der Waals surface area contributed by atoms with Gasteiger partial charge in [-0.15, -0.1) is 0 Å². The maximum atomic E-state index is 5.96. The second-order valence-corrected chi connectivity index (χ2v) is 4.80. The number of halogens is 2. The highest BCUT2D eigenvalue weighted by Crippen LogP contribution is 2.24. The van der Waals surface area contributed by atoms with Crippen molar-refractivity contribution in [3.05, 3.63) is 53.6 Å². The van der Waals surface area contributed by atoms with Crippen molar-refractivity contribution in [3.63, 3.8) is 0 Å². The summed E-state index contributed by atoms with van der Waals surface area (Å²) < 4.78 is 5.50. The number of hydrogen-bond donors (Lipinski definition) is 0. The summed E-state index contributed by atoms with van der Waals surface area (Å²) in [5.41, 5.74) is 2.25. The average molecular weight is 312 g/mol. The van der Waals surface area contributed by atoms with Gasteiger partial charge in [-0.3, -0.25) is 0 Å². The average Bonchev–Trinajstić information content (AvgIpc) is 2.37. The number of ether oxygens (including phenoxy) is 1. The van der Waals surface area contributed by atoms with Crippen molar-refractivity contribution in [2.75, 3.05) is 11.9 Å². The molecular weight excluding hydrogens is 300 g/mol. The predicted molar refractivity (Wildman–Crippen MR) is 76.2 cm³/mol. The van der Waals surface area contributed by atoms with Crippen LogP contribution in [-0.2, 0) is 0 Å². The summed E-state index contributed by atoms with van der Waals surface area (Å²) in [6.07, 6.45) is 0. The zero-order valence-electron chi connectivity index (χ0n) is 9.20. The Morgan fingerprint density at radius 3 is 2.41 bits per heavy atom. The highest BCUT2D eigenvalue weighted by molar-refractivity contribution is 9.09. The monoisotopic (exact) mass is 310 g/mol. The molecule has 0 aliphatic heterocycles. The first-order chi connectivity index (χ1) is 8.29. The lowest BCUT2D eigenvalue weighted by Crippen LogP contribution is -1.97. The second kappa shape index (κ2) is 6.08. The van der Waals surface area contributed by atoms with Crippen LogP contribution in [0.25, 0.3) is 11.1 Å². The van der Waals surface area contributed by atoms with E-state index in [0.717, 1.165) is 27.2 Å². The molecule has 0 radical (unpaired) electrons. The Labute approximate surface area is 115 Å². The first kappa shape index (κ1) is 12.5. The van der Waals surface area contributed by atoms with Crippen LogP contribution in [0.3, 0.4) is 0 Å². The topological polar surface area (TPSA) is 9.23 Å². The van der Waals surface area contributed by atoms with Crippen LogP contribution in [0.1, 0.15) is 0 Å². The Kier molecular flexibility index (Phi) is 4.46. The van der Waals surface area contributed by atoms with E-state index >= 15 is 0 Å². The summed E-state index contributed by atoms with van der Waals surface area (Å²) in [6.45, 7) is 0.677. The van der Waals surface area contributed by atoms with E-state index in [-0.39, 0.29) is 0 Å². The van der Waals surface area contributed by atoms with E-state index in [4.69, 9.17) is 16.3 Å². The smallest absolute Gasteiger partial charge is 0.119 e. The zero-order chi connectivity index (χ0) is 12.1. The fraction of sp³-hybridized carbons (Fsp3) is 0.143. The first-order valence-electron chi connectivity index (χ1n) is 5.34. The van der Waals surface area contributed by atoms with Crippen molar-refractivity contribution in [3.8, 4) is 16.9 Å². The number of rotatable bonds is 4. The van der Waals surface area contributed by atoms with Crippen molar-refractivity contribution in [2.45, 2.75) is 0 Å². The van der Waals surface area contributed by atoms with Crippen molar-refractivity contribution in [1.29, 1.82) is 0 Å². The van der Waals surface area contributed by atoms with E-state index < -0.39 is 0 Å². The molecule has 1 nitrogen and oxygen atoms in total. The molecule has 2 rings (SSSR count). The maximum absolute atomic E-state index is 5.96. The molecule has 2 aromatic carbocycles. The molecule has 3 heteroatoms. The fourth-order valence-electron chi connectivity index (χ4n) is 1.57. The third kappa shape index (κ3) is 3.48. The lowest BCUT2D eigenvalue weighted by Gasteiger charge is -2.06. The zero-order valence-corrected chi connectivity index (χ0v) is 11.5. The number of benzene rings is 2. The van der Waals surface area contributed by atoms with Crippen LogP contribution in [-0.4, -0.2) is 11.9 Å². The summed E-state index contributed by atoms with van der Waals surface area (Å²) in [7, 11) is 0. The Bertz CT molecular complexity index is 482. The Balaban J connectivity index is 2.17. The van der Waals surface area contributed by atoms with Gasteiger partial charge in [0.05, 0.1) is 6.61 Å². The highest BCUT2D eigenvalue weighted by Gasteiger charge is 1.99. The lowest BCUT2D eigenvalue weighted by atomic mass is 10.1. The molecule has 0 saturated carbocycles. The van der Waals surface area contributed by atoms with Gasteiger partial charge in [0.15, 0.2) is 0 Å². The molecule has 0 unspecified atom stereocenters. The number of hydrogen-bond acceptors (Lipinski definition) is 1. The van der Waals surface area contributed by atoms with Crippen LogP contribution in [0.2, 0.25) is 5.02 Å². The molecule has 0 spiro atoms. The highest BCUT2D eigenvalue weighted by atomic mass is 79.9. The Morgan fingerprint density at radius 1 is 1.00 bits per heavy atom. The summed E-state index contributed by atoms with van der Waals surface area (Å²) in [5, 5.41) is 1.59. The van der Waals surface area contributed by atoms with Crippen LogP contribution >= 0.6 is 27.5 Å². The maximum Gasteiger partial charge on any atom is 0.119 e. The summed E-state index contributed by atoms with van der Waals surface area (Å²) in [5.74, 6) is 0.884. The third-order valence-corrected chi connectivity index (χ3v) is 2.92. The van der Waals surface area contributed by atoms with Crippen molar-refractivity contribution < 1.29 is 4.74 Å². The molecule has 0 N–H and O–H groups in total. The molecule has 2 aromatic rings. The van der Waals surface area contributed by atoms with E-state index in [2.05, 4.69) is 15.9 Å². The van der Waals surface area contributed by atoms with Gasteiger partial charge in [0, 0.05) is 10.4 Å². The van der Waals surface area contributed by atoms with E-state index in [1.165, 1.54) is 0 Å². The molecule has 0 heterocycles. The Hall–Kier alpha value is -0.990. The molecule has 0 amide bonds. The van der Waals surface area contributed by atoms with E-state index in [1.807, 2.05) is 48.5 Å². The van der Waals surface area contributed by atoms with Gasteiger partial charge in [-0.2, -0.15) is 0 Å². The van der Waals surface area contributed by atoms with Crippen molar-refractivity contribution in [2.24, 2.45) is 0 Å². The standard InChI is InChI=1S/C14H12BrClO/c15-8-9-17-14-6-4-11(5-7-14)12-2-1-3-13(16)10-12/h1-7,10H,8-9H2. The minimum absolute atomic E-state index is 0.677. The van der Waals surface area contributed by atoms with Gasteiger partial charge >= 0.3 is 0 Å². The molecule has 0 aliphatic carbocycles. The van der Waals surface area contributed by atoms with Crippen LogP contribution in [0.5, 0.6) is 5.75 Å². The molecule has 17 heavy (non-hydrogen) atoms. The predicted octanol–water partition coefficient (Wildman–Crippen LogP) is 4.78. The van der Waals surface area contributed by atoms with Gasteiger partial charge in [-0.25, -0.2) is 0 Å². The molecular formula is C14H12BrClO. The molecule has 0 fully saturated rings. The third-order valence-electron chi connectivity index (χ3n) is 2.36. The largest absolute Gasteiger partial charge is 0.493 e. The molecule has 0 aromatic heterocycles. The summed E-state index contributed by atoms with van der Waals surface area (Å²) >= 11 is 9.29. The molecule has 0 atom stereocenters. The summed E-state index contributed by atoms with van der Waals surface area (Å²) in [6, 6.07) is 15.8. The van der Waals surface area contributed by atoms with E-state index in [9.17, 15) is 0 Å². The second-order valence-electron chi connectivity index (χ2n) is 3.57. The fourth-order valence-corrected chi connectivity index (χ4v) is 1.92. The number of alkyl halides is 1. The van der Waals surface area contributed by atoms with Gasteiger partial charge in [0.2, 0.25) is 0 Å². The Morgan fingerprint density at radius 2 is 1.76 bits per heavy atom. The quantitative estimate of drug-likeness (QED) is 0.738. The lowest BCUT2D eigenvalue weighted by molar-refractivity contribution is 0.345. The summed E-state index contributed by atoms with van der Waals surface area (Å²) in [4.78, 5) is 0. The van der Waals surface area contributed by atoms with Crippen molar-refractivity contribution >= 4 is 27.5 Å². The minimum Gasteiger partial charge on any atom is -0.493 e. The molecule has 0 aliphatic rings. The van der Waals surface area contributed by atoms with E-state index in [0.29, 0.717) is 6.61 Å². The normalized spacial score (nSPS) is 10.2. The van der Waals surface area contributed by atoms with Gasteiger partial charge in [-0.05, 0) is 35.4 Å². The SMILES string of the molecule is Clc1cccc(-c2ccc(OCCBr)cc2)c1. The molecule has 88 valence electrons. The van der Waals surface area contributed by atoms with Crippen LogP contribution in [0.4, 0.5) is 0 Å². The van der Waals surface area contributed by atoms with Crippen LogP contribution in [0, 0.1) is 0 Å². The van der Waals surface area contributed by atoms with Gasteiger partial charge in [0.1, 0.15) is 5.75 Å². The van der Waals surface area contributed by atoms with E-state index in [1.54, 1.807) is 0 Å². The first-order valence-corrected chi connectivity index (χ1v) is 6.84. The van der Waals surface area contributed by atoms with Crippen LogP contribution < -0.4 is 4.74 Å².